The van der Waals surface area contributed by atoms with Crippen LogP contribution >= 0.6 is 23.4 Å². The lowest BCUT2D eigenvalue weighted by Crippen LogP contribution is -2.25. The average Bonchev–Trinajstić information content (AvgIpc) is 2.65. The first kappa shape index (κ1) is 18.1. The molecule has 138 valence electrons. The smallest absolute Gasteiger partial charge is 0.216 e. The first-order chi connectivity index (χ1) is 13.1. The number of rotatable bonds is 5. The van der Waals surface area contributed by atoms with Gasteiger partial charge in [-0.05, 0) is 43.2 Å². The largest absolute Gasteiger partial charge is 0.356 e. The lowest BCUT2D eigenvalue weighted by molar-refractivity contribution is -0.118. The molecule has 1 aliphatic rings. The Bertz CT molecular complexity index is 1010. The van der Waals surface area contributed by atoms with Crippen LogP contribution in [0.25, 0.3) is 10.9 Å². The Morgan fingerprint density at radius 1 is 1.15 bits per heavy atom. The fourth-order valence-electron chi connectivity index (χ4n) is 3.27. The van der Waals surface area contributed by atoms with Gasteiger partial charge in [0, 0.05) is 35.3 Å². The molecule has 6 heteroatoms. The highest BCUT2D eigenvalue weighted by molar-refractivity contribution is 7.99. The van der Waals surface area contributed by atoms with Crippen molar-refractivity contribution in [3.63, 3.8) is 0 Å². The quantitative estimate of drug-likeness (QED) is 0.585. The third kappa shape index (κ3) is 3.89. The van der Waals surface area contributed by atoms with Crippen LogP contribution in [0.5, 0.6) is 0 Å². The van der Waals surface area contributed by atoms with E-state index in [0.717, 1.165) is 56.6 Å². The van der Waals surface area contributed by atoms with Crippen molar-refractivity contribution >= 4 is 51.7 Å². The number of anilines is 2. The number of fused-ring (bicyclic) bond motifs is 3. The molecule has 0 fully saturated rings. The number of unbranched alkanes of at least 4 members (excludes halogenated alkanes) is 1. The van der Waals surface area contributed by atoms with Gasteiger partial charge in [-0.3, -0.25) is 4.79 Å². The Kier molecular flexibility index (Phi) is 5.23. The number of halogens is 1. The van der Waals surface area contributed by atoms with Crippen LogP contribution in [-0.4, -0.2) is 24.0 Å². The molecule has 0 unspecified atom stereocenters. The molecule has 27 heavy (non-hydrogen) atoms. The number of amides is 1. The van der Waals surface area contributed by atoms with Gasteiger partial charge in [0.05, 0.1) is 16.1 Å². The second-order valence-electron chi connectivity index (χ2n) is 6.56. The van der Waals surface area contributed by atoms with E-state index in [1.54, 1.807) is 18.7 Å². The van der Waals surface area contributed by atoms with Gasteiger partial charge in [-0.25, -0.2) is 4.98 Å². The molecule has 0 atom stereocenters. The Labute approximate surface area is 167 Å². The monoisotopic (exact) mass is 397 g/mol. The van der Waals surface area contributed by atoms with Crippen LogP contribution in [0.1, 0.15) is 19.8 Å². The molecule has 0 saturated carbocycles. The zero-order valence-electron chi connectivity index (χ0n) is 15.0. The molecule has 0 aliphatic carbocycles. The van der Waals surface area contributed by atoms with Gasteiger partial charge in [-0.2, -0.15) is 0 Å². The fraction of sp³-hybridized carbons (Fsp3) is 0.238. The lowest BCUT2D eigenvalue weighted by Gasteiger charge is -2.32. The van der Waals surface area contributed by atoms with Crippen molar-refractivity contribution in [2.24, 2.45) is 0 Å². The van der Waals surface area contributed by atoms with E-state index >= 15 is 0 Å². The lowest BCUT2D eigenvalue weighted by atomic mass is 10.2. The number of aromatic nitrogens is 1. The van der Waals surface area contributed by atoms with E-state index in [2.05, 4.69) is 28.4 Å². The minimum absolute atomic E-state index is 0.0165. The van der Waals surface area contributed by atoms with Gasteiger partial charge in [0.2, 0.25) is 5.91 Å². The molecule has 1 amide bonds. The van der Waals surface area contributed by atoms with E-state index in [9.17, 15) is 4.79 Å². The van der Waals surface area contributed by atoms with Gasteiger partial charge >= 0.3 is 0 Å². The van der Waals surface area contributed by atoms with Crippen LogP contribution in [-0.2, 0) is 4.79 Å². The minimum Gasteiger partial charge on any atom is -0.356 e. The summed E-state index contributed by atoms with van der Waals surface area (Å²) in [6.07, 6.45) is 1.88. The molecule has 0 spiro atoms. The molecule has 0 saturated heterocycles. The van der Waals surface area contributed by atoms with Gasteiger partial charge in [0.25, 0.3) is 0 Å². The highest BCUT2D eigenvalue weighted by Crippen LogP contribution is 2.48. The number of hydrogen-bond donors (Lipinski definition) is 1. The maximum absolute atomic E-state index is 11.0. The van der Waals surface area contributed by atoms with Gasteiger partial charge in [-0.15, -0.1) is 0 Å². The predicted molar refractivity (Wildman–Crippen MR) is 112 cm³/mol. The Morgan fingerprint density at radius 3 is 2.85 bits per heavy atom. The summed E-state index contributed by atoms with van der Waals surface area (Å²) in [4.78, 5) is 20.6. The van der Waals surface area contributed by atoms with Crippen LogP contribution < -0.4 is 10.2 Å². The second kappa shape index (κ2) is 7.79. The average molecular weight is 398 g/mol. The topological polar surface area (TPSA) is 45.2 Å². The molecule has 1 aliphatic heterocycles. The number of para-hydroxylation sites is 1. The summed E-state index contributed by atoms with van der Waals surface area (Å²) in [5, 5.41) is 4.74. The van der Waals surface area contributed by atoms with Crippen LogP contribution in [0.3, 0.4) is 0 Å². The van der Waals surface area contributed by atoms with Crippen molar-refractivity contribution in [2.75, 3.05) is 18.0 Å². The zero-order chi connectivity index (χ0) is 18.8. The van der Waals surface area contributed by atoms with Crippen molar-refractivity contribution in [2.45, 2.75) is 29.6 Å². The Hall–Kier alpha value is -2.24. The number of nitrogens with zero attached hydrogens (tertiary/aromatic N) is 2. The predicted octanol–water partition coefficient (Wildman–Crippen LogP) is 5.41. The Morgan fingerprint density at radius 2 is 2.00 bits per heavy atom. The van der Waals surface area contributed by atoms with Crippen LogP contribution in [0.2, 0.25) is 5.02 Å². The maximum atomic E-state index is 11.0. The van der Waals surface area contributed by atoms with Crippen molar-refractivity contribution in [3.05, 3.63) is 53.6 Å². The summed E-state index contributed by atoms with van der Waals surface area (Å²) in [6, 6.07) is 16.4. The van der Waals surface area contributed by atoms with Crippen molar-refractivity contribution in [1.82, 2.24) is 10.3 Å². The van der Waals surface area contributed by atoms with E-state index in [4.69, 9.17) is 16.6 Å². The fourth-order valence-corrected chi connectivity index (χ4v) is 4.64. The number of carbonyl (C=O) groups is 1. The second-order valence-corrected chi connectivity index (χ2v) is 8.08. The number of hydrogen-bond acceptors (Lipinski definition) is 4. The molecule has 2 aromatic carbocycles. The summed E-state index contributed by atoms with van der Waals surface area (Å²) in [5.41, 5.74) is 2.14. The standard InChI is InChI=1S/C21H20ClN3OS/c1-14(26)23-10-4-5-11-25-18-9-8-16(22)13-19(18)27-20-12-15-6-2-3-7-17(15)24-21(20)25/h2-3,6-9,12-13H,4-5,10-11H2,1H3,(H,23,26). The molecular formula is C21H20ClN3OS. The SMILES string of the molecule is CC(=O)NCCCCN1c2ccc(Cl)cc2Sc2cc3ccccc3nc21. The van der Waals surface area contributed by atoms with E-state index in [-0.39, 0.29) is 5.91 Å². The van der Waals surface area contributed by atoms with E-state index in [1.165, 1.54) is 0 Å². The van der Waals surface area contributed by atoms with Gasteiger partial charge < -0.3 is 10.2 Å². The van der Waals surface area contributed by atoms with E-state index < -0.39 is 0 Å². The highest BCUT2D eigenvalue weighted by atomic mass is 35.5. The first-order valence-electron chi connectivity index (χ1n) is 9.01. The number of nitrogens with one attached hydrogen (secondary N) is 1. The molecule has 0 bridgehead atoms. The third-order valence-corrected chi connectivity index (χ3v) is 5.84. The molecule has 0 radical (unpaired) electrons. The van der Waals surface area contributed by atoms with Crippen LogP contribution in [0, 0.1) is 0 Å². The highest BCUT2D eigenvalue weighted by Gasteiger charge is 2.25. The number of carbonyl (C=O) groups excluding carboxylic acids is 1. The van der Waals surface area contributed by atoms with Gasteiger partial charge in [-0.1, -0.05) is 41.6 Å². The molecule has 3 aromatic rings. The van der Waals surface area contributed by atoms with Crippen molar-refractivity contribution in [1.29, 1.82) is 0 Å². The van der Waals surface area contributed by atoms with Gasteiger partial charge in [0.1, 0.15) is 5.82 Å². The van der Waals surface area contributed by atoms with E-state index in [0.29, 0.717) is 6.54 Å². The molecule has 4 nitrogen and oxygen atoms in total. The van der Waals surface area contributed by atoms with Crippen LogP contribution in [0.15, 0.2) is 58.3 Å². The summed E-state index contributed by atoms with van der Waals surface area (Å²) in [5.74, 6) is 1.01. The molecule has 4 rings (SSSR count). The summed E-state index contributed by atoms with van der Waals surface area (Å²) < 4.78 is 0. The maximum Gasteiger partial charge on any atom is 0.216 e. The first-order valence-corrected chi connectivity index (χ1v) is 10.2. The van der Waals surface area contributed by atoms with Gasteiger partial charge in [0.15, 0.2) is 0 Å². The van der Waals surface area contributed by atoms with Crippen molar-refractivity contribution < 1.29 is 4.79 Å². The molecule has 2 heterocycles. The molecular weight excluding hydrogens is 378 g/mol. The number of pyridine rings is 1. The summed E-state index contributed by atoms with van der Waals surface area (Å²) in [6.45, 7) is 3.09. The summed E-state index contributed by atoms with van der Waals surface area (Å²) >= 11 is 7.95. The molecule has 1 N–H and O–H groups in total. The van der Waals surface area contributed by atoms with Crippen LogP contribution in [0.4, 0.5) is 11.5 Å². The van der Waals surface area contributed by atoms with E-state index in [1.807, 2.05) is 30.3 Å². The third-order valence-electron chi connectivity index (χ3n) is 4.54. The zero-order valence-corrected chi connectivity index (χ0v) is 16.6. The minimum atomic E-state index is 0.0165. The Balaban J connectivity index is 1.66. The van der Waals surface area contributed by atoms with Crippen molar-refractivity contribution in [3.8, 4) is 0 Å². The summed E-state index contributed by atoms with van der Waals surface area (Å²) in [7, 11) is 0. The number of benzene rings is 2. The molecule has 1 aromatic heterocycles. The normalized spacial score (nSPS) is 12.6.